The van der Waals surface area contributed by atoms with Crippen molar-refractivity contribution in [2.24, 2.45) is 0 Å². The van der Waals surface area contributed by atoms with Crippen molar-refractivity contribution in [3.05, 3.63) is 29.3 Å². The number of hydrogen-bond acceptors (Lipinski definition) is 5. The van der Waals surface area contributed by atoms with Crippen LogP contribution < -0.4 is 11.1 Å². The molecule has 2 aromatic heterocycles. The molecule has 2 heterocycles. The molecule has 0 unspecified atom stereocenters. The van der Waals surface area contributed by atoms with E-state index in [0.717, 1.165) is 11.0 Å². The Labute approximate surface area is 102 Å². The van der Waals surface area contributed by atoms with E-state index in [4.69, 9.17) is 5.73 Å². The lowest BCUT2D eigenvalue weighted by atomic mass is 10.2. The fourth-order valence-corrected chi connectivity index (χ4v) is 2.31. The van der Waals surface area contributed by atoms with E-state index in [0.29, 0.717) is 21.9 Å². The largest absolute Gasteiger partial charge is 0.397 e. The molecule has 0 aliphatic carbocycles. The summed E-state index contributed by atoms with van der Waals surface area (Å²) < 4.78 is 0. The minimum atomic E-state index is -0.200. The molecule has 0 aliphatic rings. The Morgan fingerprint density at radius 1 is 1.65 bits per heavy atom. The molecule has 17 heavy (non-hydrogen) atoms. The van der Waals surface area contributed by atoms with E-state index in [9.17, 15) is 4.79 Å². The lowest BCUT2D eigenvalue weighted by molar-refractivity contribution is 0.0962. The third-order valence-corrected chi connectivity index (χ3v) is 3.28. The average molecular weight is 248 g/mol. The summed E-state index contributed by atoms with van der Waals surface area (Å²) in [6.45, 7) is 6.01. The molecule has 0 saturated heterocycles. The summed E-state index contributed by atoms with van der Waals surface area (Å²) in [6, 6.07) is 1.75. The molecule has 0 aliphatic heterocycles. The number of nitrogens with two attached hydrogens (primary N) is 1. The number of carbonyl (C=O) groups is 1. The smallest absolute Gasteiger partial charge is 0.263 e. The van der Waals surface area contributed by atoms with Crippen LogP contribution in [0, 0.1) is 0 Å². The van der Waals surface area contributed by atoms with Gasteiger partial charge in [0.25, 0.3) is 5.91 Å². The monoisotopic (exact) mass is 248 g/mol. The quantitative estimate of drug-likeness (QED) is 0.808. The predicted octanol–water partition coefficient (Wildman–Crippen LogP) is 1.58. The van der Waals surface area contributed by atoms with E-state index < -0.39 is 0 Å². The lowest BCUT2D eigenvalue weighted by Crippen LogP contribution is -2.24. The van der Waals surface area contributed by atoms with Crippen molar-refractivity contribution in [1.29, 1.82) is 0 Å². The summed E-state index contributed by atoms with van der Waals surface area (Å²) in [4.78, 5) is 13.0. The molecular weight excluding hydrogens is 236 g/mol. The molecule has 3 N–H and O–H groups in total. The molecule has 0 aromatic carbocycles. The number of carbonyl (C=O) groups excluding carboxylic acids is 1. The molecule has 5 nitrogen and oxygen atoms in total. The van der Waals surface area contributed by atoms with E-state index in [1.165, 1.54) is 11.3 Å². The molecule has 0 fully saturated rings. The first-order valence-electron chi connectivity index (χ1n) is 5.02. The fourth-order valence-electron chi connectivity index (χ4n) is 1.35. The molecule has 1 amide bonds. The first-order chi connectivity index (χ1) is 8.09. The van der Waals surface area contributed by atoms with Crippen molar-refractivity contribution in [2.45, 2.75) is 6.92 Å². The van der Waals surface area contributed by atoms with Crippen molar-refractivity contribution < 1.29 is 4.79 Å². The highest BCUT2D eigenvalue weighted by Gasteiger charge is 2.16. The van der Waals surface area contributed by atoms with Gasteiger partial charge in [-0.05, 0) is 13.0 Å². The topological polar surface area (TPSA) is 80.9 Å². The third kappa shape index (κ3) is 2.26. The zero-order valence-corrected chi connectivity index (χ0v) is 10.2. The SMILES string of the molecule is C=C(C)CNC(=O)c1sc2nnccc2c1N. The second-order valence-electron chi connectivity index (χ2n) is 3.73. The Hall–Kier alpha value is -1.95. The molecule has 0 atom stereocenters. The van der Waals surface area contributed by atoms with Crippen LogP contribution >= 0.6 is 11.3 Å². The minimum absolute atomic E-state index is 0.200. The van der Waals surface area contributed by atoms with Crippen LogP contribution in [-0.4, -0.2) is 22.6 Å². The van der Waals surface area contributed by atoms with Crippen LogP contribution in [0.2, 0.25) is 0 Å². The van der Waals surface area contributed by atoms with Gasteiger partial charge in [0.15, 0.2) is 0 Å². The zero-order valence-electron chi connectivity index (χ0n) is 9.36. The van der Waals surface area contributed by atoms with E-state index in [-0.39, 0.29) is 5.91 Å². The van der Waals surface area contributed by atoms with Crippen LogP contribution in [-0.2, 0) is 0 Å². The summed E-state index contributed by atoms with van der Waals surface area (Å²) >= 11 is 1.24. The maximum Gasteiger partial charge on any atom is 0.263 e. The van der Waals surface area contributed by atoms with Gasteiger partial charge in [-0.25, -0.2) is 0 Å². The summed E-state index contributed by atoms with van der Waals surface area (Å²) in [5, 5.41) is 11.2. The van der Waals surface area contributed by atoms with Crippen molar-refractivity contribution in [3.63, 3.8) is 0 Å². The van der Waals surface area contributed by atoms with Crippen LogP contribution in [0.3, 0.4) is 0 Å². The van der Waals surface area contributed by atoms with Crippen molar-refractivity contribution in [1.82, 2.24) is 15.5 Å². The van der Waals surface area contributed by atoms with E-state index in [2.05, 4.69) is 22.1 Å². The molecule has 0 radical (unpaired) electrons. The molecular formula is C11H12N4OS. The number of amides is 1. The highest BCUT2D eigenvalue weighted by atomic mass is 32.1. The molecule has 2 rings (SSSR count). The van der Waals surface area contributed by atoms with Crippen LogP contribution in [0.1, 0.15) is 16.6 Å². The number of fused-ring (bicyclic) bond motifs is 1. The summed E-state index contributed by atoms with van der Waals surface area (Å²) in [5.74, 6) is -0.200. The minimum Gasteiger partial charge on any atom is -0.397 e. The number of nitrogen functional groups attached to an aromatic ring is 1. The van der Waals surface area contributed by atoms with Gasteiger partial charge in [-0.1, -0.05) is 12.2 Å². The Bertz CT molecular complexity index is 590. The zero-order chi connectivity index (χ0) is 12.4. The number of aromatic nitrogens is 2. The number of anilines is 1. The van der Waals surface area contributed by atoms with Gasteiger partial charge in [-0.2, -0.15) is 5.10 Å². The van der Waals surface area contributed by atoms with Crippen molar-refractivity contribution in [2.75, 3.05) is 12.3 Å². The number of nitrogens with one attached hydrogen (secondary N) is 1. The van der Waals surface area contributed by atoms with Crippen molar-refractivity contribution >= 4 is 33.1 Å². The number of hydrogen-bond donors (Lipinski definition) is 2. The Kier molecular flexibility index (Phi) is 3.06. The number of thiophene rings is 1. The third-order valence-electron chi connectivity index (χ3n) is 2.18. The predicted molar refractivity (Wildman–Crippen MR) is 69.0 cm³/mol. The summed E-state index contributed by atoms with van der Waals surface area (Å²) in [6.07, 6.45) is 1.56. The molecule has 88 valence electrons. The first-order valence-corrected chi connectivity index (χ1v) is 5.83. The van der Waals surface area contributed by atoms with Crippen molar-refractivity contribution in [3.8, 4) is 0 Å². The van der Waals surface area contributed by atoms with Gasteiger partial charge in [0, 0.05) is 11.9 Å². The molecule has 0 bridgehead atoms. The van der Waals surface area contributed by atoms with Crippen LogP contribution in [0.5, 0.6) is 0 Å². The summed E-state index contributed by atoms with van der Waals surface area (Å²) in [5.41, 5.74) is 7.25. The first kappa shape index (κ1) is 11.5. The van der Waals surface area contributed by atoms with Gasteiger partial charge in [-0.15, -0.1) is 16.4 Å². The maximum atomic E-state index is 11.9. The highest BCUT2D eigenvalue weighted by molar-refractivity contribution is 7.21. The van der Waals surface area contributed by atoms with Gasteiger partial charge in [0.05, 0.1) is 11.9 Å². The van der Waals surface area contributed by atoms with Crippen LogP contribution in [0.25, 0.3) is 10.2 Å². The van der Waals surface area contributed by atoms with Gasteiger partial charge < -0.3 is 11.1 Å². The van der Waals surface area contributed by atoms with Gasteiger partial charge in [0.2, 0.25) is 0 Å². The number of rotatable bonds is 3. The molecule has 0 spiro atoms. The van der Waals surface area contributed by atoms with E-state index in [1.807, 2.05) is 6.92 Å². The molecule has 2 aromatic rings. The van der Waals surface area contributed by atoms with Gasteiger partial charge in [-0.3, -0.25) is 4.79 Å². The number of nitrogens with zero attached hydrogens (tertiary/aromatic N) is 2. The van der Waals surface area contributed by atoms with E-state index >= 15 is 0 Å². The van der Waals surface area contributed by atoms with Gasteiger partial charge >= 0.3 is 0 Å². The van der Waals surface area contributed by atoms with Crippen LogP contribution in [0.15, 0.2) is 24.4 Å². The second kappa shape index (κ2) is 4.50. The lowest BCUT2D eigenvalue weighted by Gasteiger charge is -2.02. The normalized spacial score (nSPS) is 10.4. The summed E-state index contributed by atoms with van der Waals surface area (Å²) in [7, 11) is 0. The highest BCUT2D eigenvalue weighted by Crippen LogP contribution is 2.31. The molecule has 0 saturated carbocycles. The van der Waals surface area contributed by atoms with Gasteiger partial charge in [0.1, 0.15) is 9.71 Å². The fraction of sp³-hybridized carbons (Fsp3) is 0.182. The Morgan fingerprint density at radius 2 is 2.41 bits per heavy atom. The van der Waals surface area contributed by atoms with E-state index in [1.54, 1.807) is 12.3 Å². The Morgan fingerprint density at radius 3 is 3.06 bits per heavy atom. The standard InChI is InChI=1S/C11H12N4OS/c1-6(2)5-13-10(16)9-8(12)7-3-4-14-15-11(7)17-9/h3-4H,1,5,12H2,2H3,(H,13,16). The average Bonchev–Trinajstić information content (AvgIpc) is 2.64. The second-order valence-corrected chi connectivity index (χ2v) is 4.73. The molecule has 6 heteroatoms. The Balaban J connectivity index is 2.32. The van der Waals surface area contributed by atoms with Crippen LogP contribution in [0.4, 0.5) is 5.69 Å². The maximum absolute atomic E-state index is 11.9.